The van der Waals surface area contributed by atoms with Gasteiger partial charge >= 0.3 is 0 Å². The van der Waals surface area contributed by atoms with Gasteiger partial charge in [-0.2, -0.15) is 5.10 Å². The molecule has 1 saturated carbocycles. The van der Waals surface area contributed by atoms with Crippen LogP contribution in [0.5, 0.6) is 5.88 Å². The third kappa shape index (κ3) is 5.14. The zero-order valence-corrected chi connectivity index (χ0v) is 17.7. The van der Waals surface area contributed by atoms with Crippen LogP contribution in [-0.2, 0) is 18.5 Å². The molecule has 1 aromatic heterocycles. The number of ether oxygens (including phenoxy) is 1. The molecule has 144 valence electrons. The lowest BCUT2D eigenvalue weighted by atomic mass is 9.61. The topological polar surface area (TPSA) is 39.1 Å². The van der Waals surface area contributed by atoms with Crippen LogP contribution in [0.4, 0.5) is 4.39 Å². The van der Waals surface area contributed by atoms with Crippen molar-refractivity contribution in [3.63, 3.8) is 0 Å². The van der Waals surface area contributed by atoms with Crippen LogP contribution in [0.3, 0.4) is 0 Å². The third-order valence-electron chi connectivity index (χ3n) is 5.33. The molecule has 1 unspecified atom stereocenters. The molecule has 0 saturated heterocycles. The second-order valence-corrected chi connectivity index (χ2v) is 8.66. The Morgan fingerprint density at radius 3 is 2.74 bits per heavy atom. The molecular formula is C19H29B2FN3OP. The van der Waals surface area contributed by atoms with Crippen molar-refractivity contribution >= 4 is 30.2 Å². The van der Waals surface area contributed by atoms with Gasteiger partial charge < -0.3 is 10.1 Å². The number of aromatic nitrogens is 2. The highest BCUT2D eigenvalue weighted by Gasteiger charge is 2.28. The minimum absolute atomic E-state index is 0.250. The summed E-state index contributed by atoms with van der Waals surface area (Å²) < 4.78 is 22.2. The Morgan fingerprint density at radius 2 is 2.04 bits per heavy atom. The SMILES string of the molecule is BC(B)(Oc1cc(CNC)nn1CC1CCCCC1)c1cc(F)ccc1P. The molecule has 4 nitrogen and oxygen atoms in total. The lowest BCUT2D eigenvalue weighted by Crippen LogP contribution is -2.38. The van der Waals surface area contributed by atoms with Gasteiger partial charge in [-0.1, -0.05) is 25.3 Å². The van der Waals surface area contributed by atoms with Gasteiger partial charge in [-0.25, -0.2) is 9.07 Å². The van der Waals surface area contributed by atoms with E-state index in [1.165, 1.54) is 38.2 Å². The summed E-state index contributed by atoms with van der Waals surface area (Å²) in [6, 6.07) is 6.80. The highest BCUT2D eigenvalue weighted by molar-refractivity contribution is 7.27. The highest BCUT2D eigenvalue weighted by Crippen LogP contribution is 2.29. The maximum absolute atomic E-state index is 13.8. The fourth-order valence-electron chi connectivity index (χ4n) is 3.91. The molecule has 3 rings (SSSR count). The molecule has 0 aliphatic heterocycles. The maximum atomic E-state index is 13.8. The van der Waals surface area contributed by atoms with E-state index in [2.05, 4.69) is 14.6 Å². The molecule has 0 radical (unpaired) electrons. The average molecular weight is 387 g/mol. The summed E-state index contributed by atoms with van der Waals surface area (Å²) in [6.45, 7) is 1.58. The Bertz CT molecular complexity index is 778. The lowest BCUT2D eigenvalue weighted by molar-refractivity contribution is 0.206. The van der Waals surface area contributed by atoms with Crippen molar-refractivity contribution in [2.75, 3.05) is 7.05 Å². The van der Waals surface area contributed by atoms with Gasteiger partial charge in [0, 0.05) is 19.2 Å². The van der Waals surface area contributed by atoms with E-state index in [1.807, 2.05) is 33.5 Å². The van der Waals surface area contributed by atoms with E-state index >= 15 is 0 Å². The van der Waals surface area contributed by atoms with E-state index in [-0.39, 0.29) is 5.82 Å². The van der Waals surface area contributed by atoms with Crippen LogP contribution in [0.25, 0.3) is 0 Å². The molecule has 1 fully saturated rings. The van der Waals surface area contributed by atoms with Crippen LogP contribution in [0, 0.1) is 11.7 Å². The standard InChI is InChI=1S/C19H29B2FN3OP/c1-23-11-15-10-18(25(24-15)12-13-5-3-2-4-6-13)26-19(20,21)16-9-14(22)7-8-17(16)27/h7-10,13,23H,2-6,11-12,20-21,27H2,1H3. The zero-order valence-electron chi connectivity index (χ0n) is 16.6. The van der Waals surface area contributed by atoms with Crippen molar-refractivity contribution in [1.82, 2.24) is 15.1 Å². The van der Waals surface area contributed by atoms with Crippen LogP contribution in [0.15, 0.2) is 24.3 Å². The molecule has 2 aromatic rings. The van der Waals surface area contributed by atoms with E-state index in [0.29, 0.717) is 12.5 Å². The fraction of sp³-hybridized carbons (Fsp3) is 0.526. The summed E-state index contributed by atoms with van der Waals surface area (Å²) in [5, 5.41) is 8.19. The van der Waals surface area contributed by atoms with Crippen LogP contribution in [-0.4, -0.2) is 32.5 Å². The summed E-state index contributed by atoms with van der Waals surface area (Å²) in [6.07, 6.45) is 6.45. The Kier molecular flexibility index (Phi) is 6.65. The number of hydrogen-bond donors (Lipinski definition) is 1. The highest BCUT2D eigenvalue weighted by atomic mass is 31.0. The smallest absolute Gasteiger partial charge is 0.211 e. The van der Waals surface area contributed by atoms with Crippen molar-refractivity contribution in [2.24, 2.45) is 5.92 Å². The van der Waals surface area contributed by atoms with Crippen LogP contribution >= 0.6 is 9.24 Å². The number of nitrogens with zero attached hydrogens (tertiary/aromatic N) is 2. The second kappa shape index (κ2) is 8.79. The summed E-state index contributed by atoms with van der Waals surface area (Å²) in [5.74, 6) is 1.15. The third-order valence-corrected chi connectivity index (χ3v) is 5.83. The van der Waals surface area contributed by atoms with Crippen LogP contribution < -0.4 is 15.4 Å². The molecule has 8 heteroatoms. The Morgan fingerprint density at radius 1 is 1.30 bits per heavy atom. The van der Waals surface area contributed by atoms with Crippen molar-refractivity contribution in [3.05, 3.63) is 41.3 Å². The molecule has 1 aliphatic carbocycles. The molecule has 1 N–H and O–H groups in total. The normalized spacial score (nSPS) is 15.8. The van der Waals surface area contributed by atoms with Crippen LogP contribution in [0.1, 0.15) is 43.4 Å². The molecule has 0 bridgehead atoms. The first-order valence-corrected chi connectivity index (χ1v) is 10.4. The number of nitrogens with one attached hydrogen (secondary N) is 1. The second-order valence-electron chi connectivity index (χ2n) is 8.03. The van der Waals surface area contributed by atoms with Gasteiger partial charge in [-0.15, -0.1) is 9.24 Å². The van der Waals surface area contributed by atoms with Gasteiger partial charge in [0.15, 0.2) is 15.7 Å². The molecule has 1 atom stereocenters. The Labute approximate surface area is 165 Å². The monoisotopic (exact) mass is 387 g/mol. The van der Waals surface area contributed by atoms with Gasteiger partial charge in [0.05, 0.1) is 11.1 Å². The van der Waals surface area contributed by atoms with Gasteiger partial charge in [0.2, 0.25) is 5.88 Å². The summed E-state index contributed by atoms with van der Waals surface area (Å²) in [7, 11) is 8.54. The molecule has 1 aliphatic rings. The summed E-state index contributed by atoms with van der Waals surface area (Å²) >= 11 is 0. The van der Waals surface area contributed by atoms with E-state index < -0.39 is 5.40 Å². The van der Waals surface area contributed by atoms with E-state index in [4.69, 9.17) is 9.84 Å². The van der Waals surface area contributed by atoms with Crippen molar-refractivity contribution in [2.45, 2.75) is 50.6 Å². The zero-order chi connectivity index (χ0) is 19.4. The molecule has 27 heavy (non-hydrogen) atoms. The lowest BCUT2D eigenvalue weighted by Gasteiger charge is -2.30. The Hall–Kier alpha value is -1.32. The summed E-state index contributed by atoms with van der Waals surface area (Å²) in [4.78, 5) is 0. The first kappa shape index (κ1) is 20.4. The number of benzene rings is 1. The molecule has 1 heterocycles. The fourth-order valence-corrected chi connectivity index (χ4v) is 4.44. The van der Waals surface area contributed by atoms with Crippen molar-refractivity contribution < 1.29 is 9.13 Å². The Balaban J connectivity index is 1.86. The number of hydrogen-bond acceptors (Lipinski definition) is 3. The molecule has 0 amide bonds. The van der Waals surface area contributed by atoms with Crippen molar-refractivity contribution in [3.8, 4) is 5.88 Å². The quantitative estimate of drug-likeness (QED) is 0.575. The maximum Gasteiger partial charge on any atom is 0.211 e. The largest absolute Gasteiger partial charge is 0.486 e. The van der Waals surface area contributed by atoms with Gasteiger partial charge in [0.25, 0.3) is 0 Å². The van der Waals surface area contributed by atoms with Crippen molar-refractivity contribution in [1.29, 1.82) is 0 Å². The number of rotatable bonds is 7. The number of halogens is 1. The first-order valence-electron chi connectivity index (χ1n) is 9.85. The first-order chi connectivity index (χ1) is 12.9. The van der Waals surface area contributed by atoms with Gasteiger partial charge in [0.1, 0.15) is 5.82 Å². The van der Waals surface area contributed by atoms with Gasteiger partial charge in [-0.3, -0.25) is 0 Å². The van der Waals surface area contributed by atoms with E-state index in [1.54, 1.807) is 12.1 Å². The summed E-state index contributed by atoms with van der Waals surface area (Å²) in [5.41, 5.74) is 1.79. The molecule has 0 spiro atoms. The minimum Gasteiger partial charge on any atom is -0.486 e. The van der Waals surface area contributed by atoms with Gasteiger partial charge in [-0.05, 0) is 48.8 Å². The predicted molar refractivity (Wildman–Crippen MR) is 117 cm³/mol. The van der Waals surface area contributed by atoms with E-state index in [0.717, 1.165) is 29.0 Å². The predicted octanol–water partition coefficient (Wildman–Crippen LogP) is 1.28. The van der Waals surface area contributed by atoms with E-state index in [9.17, 15) is 4.39 Å². The molecule has 1 aromatic carbocycles. The average Bonchev–Trinajstić information content (AvgIpc) is 2.98. The molecular weight excluding hydrogens is 358 g/mol. The minimum atomic E-state index is -0.666. The van der Waals surface area contributed by atoms with Crippen LogP contribution in [0.2, 0.25) is 0 Å².